The molecule has 0 spiro atoms. The SMILES string of the molecule is O=C(O)CCC1CN(S(=O)(=O)c2ccc(Oc3ccc(C(F)(F)F)cc3)cc2)c2ccc(-c3cccnc3)cc21. The van der Waals surface area contributed by atoms with Crippen molar-refractivity contribution in [3.8, 4) is 22.6 Å². The second-order valence-electron chi connectivity index (χ2n) is 9.28. The van der Waals surface area contributed by atoms with Crippen molar-refractivity contribution >= 4 is 21.7 Å². The van der Waals surface area contributed by atoms with Crippen molar-refractivity contribution in [3.63, 3.8) is 0 Å². The molecule has 0 radical (unpaired) electrons. The van der Waals surface area contributed by atoms with Crippen molar-refractivity contribution in [2.45, 2.75) is 29.8 Å². The highest BCUT2D eigenvalue weighted by atomic mass is 32.2. The summed E-state index contributed by atoms with van der Waals surface area (Å²) in [6.07, 6.45) is -0.946. The minimum absolute atomic E-state index is 0.00607. The molecular weight excluding hydrogens is 545 g/mol. The van der Waals surface area contributed by atoms with Gasteiger partial charge in [-0.25, -0.2) is 8.42 Å². The van der Waals surface area contributed by atoms with Gasteiger partial charge in [-0.2, -0.15) is 13.2 Å². The van der Waals surface area contributed by atoms with Crippen LogP contribution in [0.4, 0.5) is 18.9 Å². The molecule has 1 atom stereocenters. The van der Waals surface area contributed by atoms with Gasteiger partial charge in [0.15, 0.2) is 0 Å². The Labute approximate surface area is 228 Å². The molecule has 40 heavy (non-hydrogen) atoms. The quantitative estimate of drug-likeness (QED) is 0.254. The van der Waals surface area contributed by atoms with Gasteiger partial charge >= 0.3 is 12.1 Å². The maximum absolute atomic E-state index is 13.7. The molecule has 0 saturated carbocycles. The summed E-state index contributed by atoms with van der Waals surface area (Å²) in [5.41, 5.74) is 2.12. The molecule has 7 nitrogen and oxygen atoms in total. The van der Waals surface area contributed by atoms with E-state index < -0.39 is 27.7 Å². The third-order valence-corrected chi connectivity index (χ3v) is 8.45. The highest BCUT2D eigenvalue weighted by Gasteiger charge is 2.37. The summed E-state index contributed by atoms with van der Waals surface area (Å²) in [4.78, 5) is 15.4. The first kappa shape index (κ1) is 27.2. The third-order valence-electron chi connectivity index (χ3n) is 6.65. The molecule has 1 aromatic heterocycles. The molecule has 5 rings (SSSR count). The zero-order valence-corrected chi connectivity index (χ0v) is 21.7. The fourth-order valence-electron chi connectivity index (χ4n) is 4.65. The van der Waals surface area contributed by atoms with Gasteiger partial charge in [0.1, 0.15) is 11.5 Å². The smallest absolute Gasteiger partial charge is 0.416 e. The molecule has 3 aromatic carbocycles. The summed E-state index contributed by atoms with van der Waals surface area (Å²) in [6, 6.07) is 18.9. The Morgan fingerprint density at radius 3 is 2.25 bits per heavy atom. The van der Waals surface area contributed by atoms with E-state index in [1.807, 2.05) is 12.1 Å². The lowest BCUT2D eigenvalue weighted by molar-refractivity contribution is -0.138. The van der Waals surface area contributed by atoms with Crippen molar-refractivity contribution in [2.24, 2.45) is 0 Å². The lowest BCUT2D eigenvalue weighted by Gasteiger charge is -2.20. The predicted octanol–water partition coefficient (Wildman–Crippen LogP) is 6.72. The van der Waals surface area contributed by atoms with E-state index in [4.69, 9.17) is 4.74 Å². The number of hydrogen-bond acceptors (Lipinski definition) is 5. The Kier molecular flexibility index (Phi) is 7.24. The summed E-state index contributed by atoms with van der Waals surface area (Å²) >= 11 is 0. The van der Waals surface area contributed by atoms with Crippen molar-refractivity contribution in [1.29, 1.82) is 0 Å². The Morgan fingerprint density at radius 2 is 1.65 bits per heavy atom. The molecule has 11 heteroatoms. The van der Waals surface area contributed by atoms with Crippen LogP contribution in [0.3, 0.4) is 0 Å². The summed E-state index contributed by atoms with van der Waals surface area (Å²) in [5, 5.41) is 9.24. The van der Waals surface area contributed by atoms with Crippen LogP contribution in [0.5, 0.6) is 11.5 Å². The van der Waals surface area contributed by atoms with Crippen molar-refractivity contribution < 1.29 is 36.2 Å². The number of sulfonamides is 1. The van der Waals surface area contributed by atoms with Crippen LogP contribution in [0.1, 0.15) is 29.9 Å². The van der Waals surface area contributed by atoms with Crippen LogP contribution >= 0.6 is 0 Å². The monoisotopic (exact) mass is 568 g/mol. The molecule has 1 aliphatic rings. The topological polar surface area (TPSA) is 96.8 Å². The average Bonchev–Trinajstić information content (AvgIpc) is 3.31. The number of ether oxygens (including phenoxy) is 1. The van der Waals surface area contributed by atoms with E-state index in [9.17, 15) is 31.5 Å². The van der Waals surface area contributed by atoms with Gasteiger partial charge in [-0.1, -0.05) is 12.1 Å². The van der Waals surface area contributed by atoms with Crippen LogP contribution in [0, 0.1) is 0 Å². The summed E-state index contributed by atoms with van der Waals surface area (Å²) in [6.45, 7) is 0.0885. The molecule has 1 unspecified atom stereocenters. The first-order valence-electron chi connectivity index (χ1n) is 12.3. The maximum Gasteiger partial charge on any atom is 0.416 e. The van der Waals surface area contributed by atoms with Gasteiger partial charge in [0.2, 0.25) is 0 Å². The number of carbonyl (C=O) groups is 1. The van der Waals surface area contributed by atoms with Crippen molar-refractivity contribution in [2.75, 3.05) is 10.8 Å². The zero-order chi connectivity index (χ0) is 28.5. The van der Waals surface area contributed by atoms with E-state index in [1.165, 1.54) is 40.7 Å². The number of fused-ring (bicyclic) bond motifs is 1. The summed E-state index contributed by atoms with van der Waals surface area (Å²) < 4.78 is 72.6. The molecule has 206 valence electrons. The van der Waals surface area contributed by atoms with Gasteiger partial charge in [0, 0.05) is 31.3 Å². The molecule has 1 N–H and O–H groups in total. The number of hydrogen-bond donors (Lipinski definition) is 1. The number of pyridine rings is 1. The molecule has 0 amide bonds. The fraction of sp³-hybridized carbons (Fsp3) is 0.172. The van der Waals surface area contributed by atoms with Crippen molar-refractivity contribution in [1.82, 2.24) is 4.98 Å². The maximum atomic E-state index is 13.7. The summed E-state index contributed by atoms with van der Waals surface area (Å²) in [7, 11) is -4.02. The molecule has 0 fully saturated rings. The van der Waals surface area contributed by atoms with E-state index in [2.05, 4.69) is 4.98 Å². The number of halogens is 3. The number of aliphatic carboxylic acids is 1. The number of benzene rings is 3. The highest BCUT2D eigenvalue weighted by Crippen LogP contribution is 2.43. The second kappa shape index (κ2) is 10.6. The predicted molar refractivity (Wildman–Crippen MR) is 142 cm³/mol. The number of rotatable bonds is 8. The van der Waals surface area contributed by atoms with Crippen LogP contribution < -0.4 is 9.04 Å². The summed E-state index contributed by atoms with van der Waals surface area (Å²) in [5.74, 6) is -0.863. The lowest BCUT2D eigenvalue weighted by Crippen LogP contribution is -2.30. The minimum atomic E-state index is -4.46. The molecule has 0 aliphatic carbocycles. The molecule has 0 saturated heterocycles. The van der Waals surface area contributed by atoms with E-state index in [0.29, 0.717) is 5.69 Å². The van der Waals surface area contributed by atoms with Gasteiger partial charge in [-0.15, -0.1) is 0 Å². The fourth-order valence-corrected chi connectivity index (χ4v) is 6.18. The number of alkyl halides is 3. The zero-order valence-electron chi connectivity index (χ0n) is 20.9. The van der Waals surface area contributed by atoms with Crippen LogP contribution in [-0.2, 0) is 21.0 Å². The number of carboxylic acids is 1. The Balaban J connectivity index is 1.40. The van der Waals surface area contributed by atoms with Crippen LogP contribution in [-0.4, -0.2) is 31.0 Å². The van der Waals surface area contributed by atoms with E-state index >= 15 is 0 Å². The molecule has 4 aromatic rings. The lowest BCUT2D eigenvalue weighted by atomic mass is 9.93. The number of aromatic nitrogens is 1. The third kappa shape index (κ3) is 5.64. The van der Waals surface area contributed by atoms with Gasteiger partial charge in [-0.3, -0.25) is 14.1 Å². The first-order chi connectivity index (χ1) is 19.0. The Hall–Kier alpha value is -4.38. The van der Waals surface area contributed by atoms with E-state index in [-0.39, 0.29) is 41.7 Å². The Morgan fingerprint density at radius 1 is 0.975 bits per heavy atom. The largest absolute Gasteiger partial charge is 0.481 e. The van der Waals surface area contributed by atoms with Gasteiger partial charge < -0.3 is 9.84 Å². The first-order valence-corrected chi connectivity index (χ1v) is 13.7. The molecule has 0 bridgehead atoms. The highest BCUT2D eigenvalue weighted by molar-refractivity contribution is 7.92. The van der Waals surface area contributed by atoms with Gasteiger partial charge in [0.25, 0.3) is 10.0 Å². The second-order valence-corrected chi connectivity index (χ2v) is 11.1. The molecule has 1 aliphatic heterocycles. The average molecular weight is 569 g/mol. The van der Waals surface area contributed by atoms with Gasteiger partial charge in [-0.05, 0) is 89.8 Å². The van der Waals surface area contributed by atoms with E-state index in [0.717, 1.165) is 28.8 Å². The normalized spacial score (nSPS) is 15.1. The van der Waals surface area contributed by atoms with E-state index in [1.54, 1.807) is 30.6 Å². The Bertz CT molecular complexity index is 1630. The number of carboxylic acid groups (broad SMARTS) is 1. The van der Waals surface area contributed by atoms with Gasteiger partial charge in [0.05, 0.1) is 16.1 Å². The molecular formula is C29H23F3N2O5S. The van der Waals surface area contributed by atoms with Crippen molar-refractivity contribution in [3.05, 3.63) is 102 Å². The number of anilines is 1. The minimum Gasteiger partial charge on any atom is -0.481 e. The van der Waals surface area contributed by atoms with Crippen LogP contribution in [0.15, 0.2) is 96.2 Å². The molecule has 2 heterocycles. The van der Waals surface area contributed by atoms with Crippen LogP contribution in [0.25, 0.3) is 11.1 Å². The van der Waals surface area contributed by atoms with Crippen LogP contribution in [0.2, 0.25) is 0 Å². The standard InChI is InChI=1S/C29H23F3N2O5S/c30-29(31,32)22-5-7-23(8-6-22)39-24-9-11-25(12-10-24)40(37,38)34-18-21(4-14-28(35)36)26-16-19(3-13-27(26)34)20-2-1-15-33-17-20/h1-3,5-13,15-17,21H,4,14,18H2,(H,35,36). The number of nitrogens with zero attached hydrogens (tertiary/aromatic N) is 2.